The van der Waals surface area contributed by atoms with Gasteiger partial charge in [-0.2, -0.15) is 0 Å². The third-order valence-corrected chi connectivity index (χ3v) is 3.27. The van der Waals surface area contributed by atoms with Gasteiger partial charge in [0.2, 0.25) is 0 Å². The van der Waals surface area contributed by atoms with Gasteiger partial charge in [-0.1, -0.05) is 0 Å². The summed E-state index contributed by atoms with van der Waals surface area (Å²) >= 11 is 0. The van der Waals surface area contributed by atoms with Gasteiger partial charge in [-0.3, -0.25) is 0 Å². The molecule has 0 saturated heterocycles. The zero-order chi connectivity index (χ0) is 14.9. The van der Waals surface area contributed by atoms with Crippen LogP contribution in [0, 0.1) is 13.8 Å². The molecule has 5 heteroatoms. The van der Waals surface area contributed by atoms with E-state index in [9.17, 15) is 9.59 Å². The molecule has 0 spiro atoms. The molecule has 1 atom stereocenters. The Kier molecular flexibility index (Phi) is 3.79. The van der Waals surface area contributed by atoms with Crippen molar-refractivity contribution in [3.8, 4) is 5.75 Å². The van der Waals surface area contributed by atoms with Crippen LogP contribution in [-0.2, 0) is 9.53 Å². The van der Waals surface area contributed by atoms with E-state index in [1.165, 1.54) is 7.11 Å². The molecule has 5 nitrogen and oxygen atoms in total. The fraction of sp³-hybridized carbons (Fsp3) is 0.333. The first kappa shape index (κ1) is 14.1. The molecule has 0 aliphatic carbocycles. The molecule has 1 aromatic heterocycles. The molecule has 0 amide bonds. The Labute approximate surface area is 116 Å². The first-order chi connectivity index (χ1) is 9.43. The van der Waals surface area contributed by atoms with E-state index >= 15 is 0 Å². The van der Waals surface area contributed by atoms with Crippen molar-refractivity contribution in [3.05, 3.63) is 39.7 Å². The summed E-state index contributed by atoms with van der Waals surface area (Å²) in [5.74, 6) is -0.0200. The Morgan fingerprint density at radius 1 is 1.25 bits per heavy atom. The van der Waals surface area contributed by atoms with Gasteiger partial charge in [-0.05, 0) is 38.5 Å². The average Bonchev–Trinajstić information content (AvgIpc) is 2.43. The first-order valence-electron chi connectivity index (χ1n) is 6.22. The van der Waals surface area contributed by atoms with E-state index < -0.39 is 12.1 Å². The van der Waals surface area contributed by atoms with Crippen molar-refractivity contribution in [2.24, 2.45) is 0 Å². The zero-order valence-corrected chi connectivity index (χ0v) is 11.9. The topological polar surface area (TPSA) is 65.7 Å². The minimum Gasteiger partial charge on any atom is -0.479 e. The van der Waals surface area contributed by atoms with Crippen LogP contribution >= 0.6 is 0 Å². The van der Waals surface area contributed by atoms with Crippen molar-refractivity contribution in [2.75, 3.05) is 7.11 Å². The molecule has 20 heavy (non-hydrogen) atoms. The molecule has 0 fully saturated rings. The van der Waals surface area contributed by atoms with Crippen LogP contribution in [0.1, 0.15) is 18.1 Å². The number of fused-ring (bicyclic) bond motifs is 1. The second-order valence-electron chi connectivity index (χ2n) is 4.58. The standard InChI is InChI=1S/C15H16O5/c1-8-9(2)14(16)20-13-7-11(5-6-12(8)13)19-10(3)15(17)18-4/h5-7,10H,1-4H3. The molecule has 0 aliphatic heterocycles. The summed E-state index contributed by atoms with van der Waals surface area (Å²) in [6, 6.07) is 5.14. The summed E-state index contributed by atoms with van der Waals surface area (Å²) in [6.45, 7) is 5.18. The van der Waals surface area contributed by atoms with Gasteiger partial charge in [-0.25, -0.2) is 9.59 Å². The lowest BCUT2D eigenvalue weighted by atomic mass is 10.1. The monoisotopic (exact) mass is 276 g/mol. The Hall–Kier alpha value is -2.30. The molecule has 106 valence electrons. The van der Waals surface area contributed by atoms with Crippen LogP contribution in [0.4, 0.5) is 0 Å². The van der Waals surface area contributed by atoms with Gasteiger partial charge in [0.1, 0.15) is 11.3 Å². The molecule has 0 bridgehead atoms. The molecular weight excluding hydrogens is 260 g/mol. The van der Waals surface area contributed by atoms with Gasteiger partial charge in [0.15, 0.2) is 6.10 Å². The molecule has 1 aromatic carbocycles. The summed E-state index contributed by atoms with van der Waals surface area (Å²) < 4.78 is 15.3. The number of benzene rings is 1. The highest BCUT2D eigenvalue weighted by atomic mass is 16.6. The lowest BCUT2D eigenvalue weighted by Crippen LogP contribution is -2.24. The van der Waals surface area contributed by atoms with Gasteiger partial charge in [0, 0.05) is 17.0 Å². The van der Waals surface area contributed by atoms with E-state index in [2.05, 4.69) is 4.74 Å². The van der Waals surface area contributed by atoms with E-state index in [0.29, 0.717) is 16.9 Å². The highest BCUT2D eigenvalue weighted by Crippen LogP contribution is 2.24. The number of rotatable bonds is 3. The Bertz CT molecular complexity index is 714. The quantitative estimate of drug-likeness (QED) is 0.636. The molecule has 0 radical (unpaired) electrons. The maximum absolute atomic E-state index is 11.7. The fourth-order valence-corrected chi connectivity index (χ4v) is 1.92. The van der Waals surface area contributed by atoms with E-state index in [4.69, 9.17) is 9.15 Å². The van der Waals surface area contributed by atoms with Crippen molar-refractivity contribution in [1.29, 1.82) is 0 Å². The number of carbonyl (C=O) groups is 1. The van der Waals surface area contributed by atoms with Crippen LogP contribution in [0.3, 0.4) is 0 Å². The number of aryl methyl sites for hydroxylation is 1. The molecule has 0 N–H and O–H groups in total. The third kappa shape index (κ3) is 2.52. The molecule has 1 unspecified atom stereocenters. The molecule has 0 aliphatic rings. The minimum atomic E-state index is -0.726. The number of hydrogen-bond acceptors (Lipinski definition) is 5. The van der Waals surface area contributed by atoms with Crippen LogP contribution in [0.25, 0.3) is 11.0 Å². The molecule has 2 aromatic rings. The van der Waals surface area contributed by atoms with Crippen LogP contribution in [-0.4, -0.2) is 19.2 Å². The number of carbonyl (C=O) groups excluding carboxylic acids is 1. The Morgan fingerprint density at radius 3 is 2.60 bits per heavy atom. The molecular formula is C15H16O5. The van der Waals surface area contributed by atoms with Gasteiger partial charge in [-0.15, -0.1) is 0 Å². The predicted octanol–water partition coefficient (Wildman–Crippen LogP) is 2.35. The summed E-state index contributed by atoms with van der Waals surface area (Å²) in [5.41, 5.74) is 1.54. The summed E-state index contributed by atoms with van der Waals surface area (Å²) in [4.78, 5) is 23.0. The van der Waals surface area contributed by atoms with Crippen molar-refractivity contribution in [2.45, 2.75) is 26.9 Å². The maximum Gasteiger partial charge on any atom is 0.346 e. The molecule has 1 heterocycles. The third-order valence-electron chi connectivity index (χ3n) is 3.27. The zero-order valence-electron chi connectivity index (χ0n) is 11.9. The van der Waals surface area contributed by atoms with Crippen LogP contribution in [0.15, 0.2) is 27.4 Å². The smallest absolute Gasteiger partial charge is 0.346 e. The fourth-order valence-electron chi connectivity index (χ4n) is 1.92. The number of hydrogen-bond donors (Lipinski definition) is 0. The first-order valence-corrected chi connectivity index (χ1v) is 6.22. The van der Waals surface area contributed by atoms with Gasteiger partial charge in [0.25, 0.3) is 0 Å². The highest BCUT2D eigenvalue weighted by molar-refractivity contribution is 5.82. The average molecular weight is 276 g/mol. The number of ether oxygens (including phenoxy) is 2. The highest BCUT2D eigenvalue weighted by Gasteiger charge is 2.15. The number of esters is 1. The van der Waals surface area contributed by atoms with Gasteiger partial charge in [0.05, 0.1) is 7.11 Å². The van der Waals surface area contributed by atoms with Crippen molar-refractivity contribution in [3.63, 3.8) is 0 Å². The largest absolute Gasteiger partial charge is 0.479 e. The second-order valence-corrected chi connectivity index (χ2v) is 4.58. The van der Waals surface area contributed by atoms with Crippen molar-refractivity contribution < 1.29 is 18.7 Å². The van der Waals surface area contributed by atoms with Crippen molar-refractivity contribution >= 4 is 16.9 Å². The van der Waals surface area contributed by atoms with Crippen LogP contribution in [0.2, 0.25) is 0 Å². The Balaban J connectivity index is 2.42. The molecule has 0 saturated carbocycles. The predicted molar refractivity (Wildman–Crippen MR) is 74.1 cm³/mol. The van der Waals surface area contributed by atoms with E-state index in [1.54, 1.807) is 32.0 Å². The van der Waals surface area contributed by atoms with Gasteiger partial charge < -0.3 is 13.9 Å². The van der Waals surface area contributed by atoms with E-state index in [1.807, 2.05) is 6.92 Å². The minimum absolute atomic E-state index is 0.367. The summed E-state index contributed by atoms with van der Waals surface area (Å²) in [7, 11) is 1.30. The number of methoxy groups -OCH3 is 1. The van der Waals surface area contributed by atoms with Crippen molar-refractivity contribution in [1.82, 2.24) is 0 Å². The molecule has 2 rings (SSSR count). The lowest BCUT2D eigenvalue weighted by molar-refractivity contribution is -0.147. The summed E-state index contributed by atoms with van der Waals surface area (Å²) in [6.07, 6.45) is -0.726. The Morgan fingerprint density at radius 2 is 1.95 bits per heavy atom. The normalized spacial score (nSPS) is 12.2. The van der Waals surface area contributed by atoms with Gasteiger partial charge >= 0.3 is 11.6 Å². The van der Waals surface area contributed by atoms with Crippen LogP contribution in [0.5, 0.6) is 5.75 Å². The van der Waals surface area contributed by atoms with E-state index in [-0.39, 0.29) is 5.63 Å². The van der Waals surface area contributed by atoms with E-state index in [0.717, 1.165) is 10.9 Å². The van der Waals surface area contributed by atoms with Crippen LogP contribution < -0.4 is 10.4 Å². The SMILES string of the molecule is COC(=O)C(C)Oc1ccc2c(C)c(C)c(=O)oc2c1. The second kappa shape index (κ2) is 5.36. The maximum atomic E-state index is 11.7. The summed E-state index contributed by atoms with van der Waals surface area (Å²) in [5, 5.41) is 0.847. The lowest BCUT2D eigenvalue weighted by Gasteiger charge is -2.13.